The predicted octanol–water partition coefficient (Wildman–Crippen LogP) is 4.74. The Hall–Kier alpha value is -3.08. The van der Waals surface area contributed by atoms with Crippen LogP contribution in [0.2, 0.25) is 0 Å². The van der Waals surface area contributed by atoms with E-state index in [0.29, 0.717) is 0 Å². The van der Waals surface area contributed by atoms with Crippen molar-refractivity contribution in [3.8, 4) is 0 Å². The summed E-state index contributed by atoms with van der Waals surface area (Å²) < 4.78 is 33.0. The number of alkyl halides is 2. The van der Waals surface area contributed by atoms with Crippen LogP contribution in [-0.2, 0) is 11.3 Å². The minimum absolute atomic E-state index is 0.0154. The van der Waals surface area contributed by atoms with Crippen molar-refractivity contribution in [2.75, 3.05) is 0 Å². The second-order valence-electron chi connectivity index (χ2n) is 6.40. The SMILES string of the molecule is O=[N+]([O-])c1ccc2c(c1)C1(F)c3ccccc3C2(F)c2ccccc21. The van der Waals surface area contributed by atoms with Gasteiger partial charge in [-0.15, -0.1) is 0 Å². The molecule has 0 aliphatic heterocycles. The van der Waals surface area contributed by atoms with Gasteiger partial charge in [-0.3, -0.25) is 10.1 Å². The summed E-state index contributed by atoms with van der Waals surface area (Å²) in [5.41, 5.74) is -3.28. The van der Waals surface area contributed by atoms with Crippen molar-refractivity contribution in [2.45, 2.75) is 11.3 Å². The highest BCUT2D eigenvalue weighted by atomic mass is 19.1. The minimum Gasteiger partial charge on any atom is -0.258 e. The number of benzene rings is 3. The monoisotopic (exact) mass is 335 g/mol. The molecule has 5 heteroatoms. The molecule has 25 heavy (non-hydrogen) atoms. The lowest BCUT2D eigenvalue weighted by atomic mass is 9.58. The molecule has 0 unspecified atom stereocenters. The van der Waals surface area contributed by atoms with Crippen molar-refractivity contribution < 1.29 is 13.7 Å². The van der Waals surface area contributed by atoms with Crippen molar-refractivity contribution in [1.29, 1.82) is 0 Å². The van der Waals surface area contributed by atoms with Gasteiger partial charge in [0.1, 0.15) is 0 Å². The Kier molecular flexibility index (Phi) is 2.46. The Balaban J connectivity index is 1.98. The summed E-state index contributed by atoms with van der Waals surface area (Å²) in [4.78, 5) is 10.6. The van der Waals surface area contributed by atoms with E-state index in [0.717, 1.165) is 6.07 Å². The van der Waals surface area contributed by atoms with E-state index >= 15 is 8.78 Å². The van der Waals surface area contributed by atoms with Gasteiger partial charge in [0, 0.05) is 45.5 Å². The van der Waals surface area contributed by atoms with E-state index in [1.165, 1.54) is 12.1 Å². The number of nitro groups is 1. The molecule has 3 aliphatic carbocycles. The maximum Gasteiger partial charge on any atom is 0.269 e. The number of nitro benzene ring substituents is 1. The van der Waals surface area contributed by atoms with Crippen LogP contribution >= 0.6 is 0 Å². The standard InChI is InChI=1S/C20H11F2NO2/c21-19-13-5-1-3-7-15(13)20(22,16-8-4-2-6-14(16)19)18-11-12(23(24)25)9-10-17(18)19/h1-11H. The molecule has 0 N–H and O–H groups in total. The summed E-state index contributed by atoms with van der Waals surface area (Å²) in [5, 5.41) is 11.2. The van der Waals surface area contributed by atoms with Gasteiger partial charge < -0.3 is 0 Å². The van der Waals surface area contributed by atoms with Crippen LogP contribution < -0.4 is 0 Å². The summed E-state index contributed by atoms with van der Waals surface area (Å²) in [5.74, 6) is 0. The van der Waals surface area contributed by atoms with Crippen molar-refractivity contribution >= 4 is 5.69 Å². The van der Waals surface area contributed by atoms with Gasteiger partial charge in [-0.1, -0.05) is 48.5 Å². The predicted molar refractivity (Wildman–Crippen MR) is 88.0 cm³/mol. The maximum absolute atomic E-state index is 16.5. The van der Waals surface area contributed by atoms with E-state index in [1.807, 2.05) is 0 Å². The van der Waals surface area contributed by atoms with Crippen LogP contribution in [0.1, 0.15) is 33.4 Å². The quantitative estimate of drug-likeness (QED) is 0.476. The zero-order valence-electron chi connectivity index (χ0n) is 12.9. The van der Waals surface area contributed by atoms with Gasteiger partial charge in [-0.25, -0.2) is 8.78 Å². The van der Waals surface area contributed by atoms with Gasteiger partial charge in [-0.2, -0.15) is 0 Å². The summed E-state index contributed by atoms with van der Waals surface area (Å²) in [7, 11) is 0. The molecular formula is C20H11F2NO2. The molecule has 3 aromatic rings. The van der Waals surface area contributed by atoms with Gasteiger partial charge >= 0.3 is 0 Å². The number of non-ortho nitro benzene ring substituents is 1. The number of halogens is 2. The lowest BCUT2D eigenvalue weighted by Gasteiger charge is -2.48. The smallest absolute Gasteiger partial charge is 0.258 e. The van der Waals surface area contributed by atoms with Crippen LogP contribution in [0, 0.1) is 10.1 Å². The second-order valence-corrected chi connectivity index (χ2v) is 6.40. The summed E-state index contributed by atoms with van der Waals surface area (Å²) in [6.45, 7) is 0. The number of hydrogen-bond donors (Lipinski definition) is 0. The molecule has 0 amide bonds. The summed E-state index contributed by atoms with van der Waals surface area (Å²) in [6, 6.07) is 16.7. The molecule has 0 heterocycles. The first kappa shape index (κ1) is 14.3. The first-order valence-corrected chi connectivity index (χ1v) is 7.86. The van der Waals surface area contributed by atoms with E-state index in [-0.39, 0.29) is 39.1 Å². The Morgan fingerprint density at radius 1 is 0.680 bits per heavy atom. The molecule has 3 aliphatic rings. The number of nitrogens with zero attached hydrogens (tertiary/aromatic N) is 1. The Bertz CT molecular complexity index is 1030. The van der Waals surface area contributed by atoms with Gasteiger partial charge in [-0.05, 0) is 6.07 Å². The van der Waals surface area contributed by atoms with E-state index in [9.17, 15) is 10.1 Å². The summed E-state index contributed by atoms with van der Waals surface area (Å²) in [6.07, 6.45) is 0. The van der Waals surface area contributed by atoms with Crippen LogP contribution in [0.3, 0.4) is 0 Å². The van der Waals surface area contributed by atoms with Crippen molar-refractivity contribution in [3.05, 3.63) is 110 Å². The fourth-order valence-corrected chi connectivity index (χ4v) is 4.27. The van der Waals surface area contributed by atoms with E-state index in [1.54, 1.807) is 48.5 Å². The minimum atomic E-state index is -2.11. The normalized spacial score (nSPS) is 25.0. The van der Waals surface area contributed by atoms with Gasteiger partial charge in [0.05, 0.1) is 4.92 Å². The van der Waals surface area contributed by atoms with Gasteiger partial charge in [0.25, 0.3) is 5.69 Å². The fraction of sp³-hybridized carbons (Fsp3) is 0.100. The first-order chi connectivity index (χ1) is 12.0. The zero-order chi connectivity index (χ0) is 17.4. The molecule has 0 fully saturated rings. The molecule has 0 radical (unpaired) electrons. The van der Waals surface area contributed by atoms with Gasteiger partial charge in [0.2, 0.25) is 0 Å². The molecule has 0 spiro atoms. The highest BCUT2D eigenvalue weighted by Crippen LogP contribution is 2.63. The van der Waals surface area contributed by atoms with Crippen LogP contribution in [0.5, 0.6) is 0 Å². The molecule has 6 rings (SSSR count). The molecular weight excluding hydrogens is 324 g/mol. The molecule has 3 aromatic carbocycles. The molecule has 0 saturated heterocycles. The first-order valence-electron chi connectivity index (χ1n) is 7.86. The molecule has 0 aromatic heterocycles. The average molecular weight is 335 g/mol. The molecule has 122 valence electrons. The lowest BCUT2D eigenvalue weighted by molar-refractivity contribution is -0.385. The van der Waals surface area contributed by atoms with Crippen molar-refractivity contribution in [3.63, 3.8) is 0 Å². The van der Waals surface area contributed by atoms with Crippen molar-refractivity contribution in [2.24, 2.45) is 0 Å². The Morgan fingerprint density at radius 3 is 1.52 bits per heavy atom. The van der Waals surface area contributed by atoms with Crippen LogP contribution in [0.15, 0.2) is 66.7 Å². The fourth-order valence-electron chi connectivity index (χ4n) is 4.27. The third-order valence-electron chi connectivity index (χ3n) is 5.29. The van der Waals surface area contributed by atoms with Gasteiger partial charge in [0.15, 0.2) is 11.3 Å². The van der Waals surface area contributed by atoms with E-state index < -0.39 is 16.3 Å². The van der Waals surface area contributed by atoms with E-state index in [2.05, 4.69) is 0 Å². The average Bonchev–Trinajstić information content (AvgIpc) is 2.65. The number of hydrogen-bond acceptors (Lipinski definition) is 2. The Morgan fingerprint density at radius 2 is 1.08 bits per heavy atom. The molecule has 0 saturated carbocycles. The topological polar surface area (TPSA) is 43.1 Å². The highest BCUT2D eigenvalue weighted by Gasteiger charge is 2.60. The highest BCUT2D eigenvalue weighted by molar-refractivity contribution is 5.73. The van der Waals surface area contributed by atoms with E-state index in [4.69, 9.17) is 0 Å². The molecule has 0 atom stereocenters. The number of rotatable bonds is 1. The molecule has 2 bridgehead atoms. The van der Waals surface area contributed by atoms with Crippen LogP contribution in [-0.4, -0.2) is 4.92 Å². The summed E-state index contributed by atoms with van der Waals surface area (Å²) >= 11 is 0. The van der Waals surface area contributed by atoms with Crippen LogP contribution in [0.4, 0.5) is 14.5 Å². The molecule has 3 nitrogen and oxygen atoms in total. The zero-order valence-corrected chi connectivity index (χ0v) is 12.9. The lowest BCUT2D eigenvalue weighted by Crippen LogP contribution is -2.46. The third kappa shape index (κ3) is 1.45. The third-order valence-corrected chi connectivity index (χ3v) is 5.29. The van der Waals surface area contributed by atoms with Crippen molar-refractivity contribution in [1.82, 2.24) is 0 Å². The second kappa shape index (κ2) is 4.30. The largest absolute Gasteiger partial charge is 0.269 e. The maximum atomic E-state index is 16.5. The van der Waals surface area contributed by atoms with Crippen LogP contribution in [0.25, 0.3) is 0 Å². The Labute approximate surface area is 141 Å².